The zero-order valence-corrected chi connectivity index (χ0v) is 16.7. The van der Waals surface area contributed by atoms with Crippen LogP contribution in [0.25, 0.3) is 0 Å². The number of hydrogen-bond acceptors (Lipinski definition) is 5. The van der Waals surface area contributed by atoms with Crippen molar-refractivity contribution in [2.75, 3.05) is 44.4 Å². The number of nitrogens with one attached hydrogen (secondary N) is 1. The third-order valence-corrected chi connectivity index (χ3v) is 5.13. The van der Waals surface area contributed by atoms with Crippen LogP contribution >= 0.6 is 0 Å². The van der Waals surface area contributed by atoms with Crippen LogP contribution in [-0.4, -0.2) is 44.2 Å². The number of hydrogen-bond donors (Lipinski definition) is 2. The largest absolute Gasteiger partial charge is 0.495 e. The molecule has 0 aliphatic carbocycles. The molecule has 2 aromatic carbocycles. The van der Waals surface area contributed by atoms with Crippen molar-refractivity contribution in [3.05, 3.63) is 47.5 Å². The molecule has 0 aromatic heterocycles. The molecule has 0 atom stereocenters. The van der Waals surface area contributed by atoms with E-state index in [1.165, 1.54) is 5.56 Å². The highest BCUT2D eigenvalue weighted by Gasteiger charge is 2.22. The summed E-state index contributed by atoms with van der Waals surface area (Å²) in [6, 6.07) is 11.8. The van der Waals surface area contributed by atoms with Gasteiger partial charge in [-0.05, 0) is 49.2 Å². The minimum atomic E-state index is 0.0165. The Morgan fingerprint density at radius 1 is 1.07 bits per heavy atom. The van der Waals surface area contributed by atoms with Crippen molar-refractivity contribution in [1.82, 2.24) is 4.90 Å². The van der Waals surface area contributed by atoms with E-state index in [2.05, 4.69) is 29.3 Å². The van der Waals surface area contributed by atoms with Gasteiger partial charge in [0.15, 0.2) is 0 Å². The maximum Gasteiger partial charge on any atom is 0.224 e. The van der Waals surface area contributed by atoms with E-state index in [1.54, 1.807) is 7.11 Å². The predicted octanol–water partition coefficient (Wildman–Crippen LogP) is 3.11. The van der Waals surface area contributed by atoms with E-state index in [-0.39, 0.29) is 5.91 Å². The molecule has 0 bridgehead atoms. The topological polar surface area (TPSA) is 76.8 Å². The van der Waals surface area contributed by atoms with E-state index in [1.807, 2.05) is 24.3 Å². The minimum absolute atomic E-state index is 0.0165. The van der Waals surface area contributed by atoms with Gasteiger partial charge in [-0.2, -0.15) is 0 Å². The van der Waals surface area contributed by atoms with Crippen LogP contribution in [-0.2, 0) is 17.6 Å². The number of nitrogens with zero attached hydrogens (tertiary/aromatic N) is 1. The summed E-state index contributed by atoms with van der Waals surface area (Å²) in [6.07, 6.45) is 2.12. The number of anilines is 2. The first-order valence-electron chi connectivity index (χ1n) is 9.80. The number of amides is 1. The van der Waals surface area contributed by atoms with Crippen molar-refractivity contribution in [2.45, 2.75) is 26.2 Å². The number of nitrogen functional groups attached to an aromatic ring is 1. The third kappa shape index (κ3) is 4.95. The first kappa shape index (κ1) is 20.0. The number of likely N-dealkylation sites (N-methyl/N-ethyl adjacent to an activating group) is 1. The highest BCUT2D eigenvalue weighted by molar-refractivity contribution is 5.96. The van der Waals surface area contributed by atoms with E-state index in [4.69, 9.17) is 15.2 Å². The van der Waals surface area contributed by atoms with Gasteiger partial charge < -0.3 is 20.5 Å². The van der Waals surface area contributed by atoms with Crippen LogP contribution in [0.5, 0.6) is 11.5 Å². The molecular formula is C22H29N3O3. The Morgan fingerprint density at radius 3 is 2.54 bits per heavy atom. The normalized spacial score (nSPS) is 13.2. The van der Waals surface area contributed by atoms with Crippen molar-refractivity contribution in [3.8, 4) is 11.5 Å². The highest BCUT2D eigenvalue weighted by Crippen LogP contribution is 2.38. The molecule has 6 nitrogen and oxygen atoms in total. The summed E-state index contributed by atoms with van der Waals surface area (Å²) >= 11 is 0. The lowest BCUT2D eigenvalue weighted by Crippen LogP contribution is -2.30. The second kappa shape index (κ2) is 9.46. The van der Waals surface area contributed by atoms with Crippen LogP contribution in [0, 0.1) is 0 Å². The molecule has 28 heavy (non-hydrogen) atoms. The number of carbonyl (C=O) groups is 1. The van der Waals surface area contributed by atoms with E-state index >= 15 is 0 Å². The molecule has 6 heteroatoms. The molecule has 0 spiro atoms. The van der Waals surface area contributed by atoms with E-state index in [0.29, 0.717) is 25.2 Å². The fraction of sp³-hybridized carbons (Fsp3) is 0.409. The first-order chi connectivity index (χ1) is 13.6. The summed E-state index contributed by atoms with van der Waals surface area (Å²) in [5.74, 6) is 1.52. The van der Waals surface area contributed by atoms with Crippen LogP contribution in [0.1, 0.15) is 24.5 Å². The molecule has 1 heterocycles. The number of nitrogens with two attached hydrogens (primary N) is 1. The van der Waals surface area contributed by atoms with Gasteiger partial charge in [0.1, 0.15) is 18.1 Å². The SMILES string of the molecule is CCN(CCOc1ccc(OC)c2c1CCC(=O)N2)CCc1ccc(N)cc1. The summed E-state index contributed by atoms with van der Waals surface area (Å²) in [7, 11) is 1.61. The number of methoxy groups -OCH3 is 1. The van der Waals surface area contributed by atoms with Crippen LogP contribution in [0.4, 0.5) is 11.4 Å². The van der Waals surface area contributed by atoms with Gasteiger partial charge in [-0.25, -0.2) is 0 Å². The Morgan fingerprint density at radius 2 is 1.82 bits per heavy atom. The average molecular weight is 383 g/mol. The fourth-order valence-electron chi connectivity index (χ4n) is 3.42. The molecular weight excluding hydrogens is 354 g/mol. The molecule has 0 fully saturated rings. The molecule has 2 aromatic rings. The maximum absolute atomic E-state index is 11.7. The number of fused-ring (bicyclic) bond motifs is 1. The van der Waals surface area contributed by atoms with Crippen LogP contribution < -0.4 is 20.5 Å². The second-order valence-corrected chi connectivity index (χ2v) is 6.94. The molecule has 0 unspecified atom stereocenters. The van der Waals surface area contributed by atoms with E-state index < -0.39 is 0 Å². The summed E-state index contributed by atoms with van der Waals surface area (Å²) in [4.78, 5) is 14.1. The quantitative estimate of drug-likeness (QED) is 0.651. The number of benzene rings is 2. The Kier molecular flexibility index (Phi) is 6.76. The predicted molar refractivity (Wildman–Crippen MR) is 112 cm³/mol. The second-order valence-electron chi connectivity index (χ2n) is 6.94. The zero-order chi connectivity index (χ0) is 19.9. The Balaban J connectivity index is 1.55. The maximum atomic E-state index is 11.7. The fourth-order valence-corrected chi connectivity index (χ4v) is 3.42. The van der Waals surface area contributed by atoms with Gasteiger partial charge in [0, 0.05) is 30.8 Å². The van der Waals surface area contributed by atoms with Gasteiger partial charge in [-0.15, -0.1) is 0 Å². The molecule has 150 valence electrons. The molecule has 1 amide bonds. The van der Waals surface area contributed by atoms with Crippen molar-refractivity contribution in [1.29, 1.82) is 0 Å². The lowest BCUT2D eigenvalue weighted by atomic mass is 10.0. The van der Waals surface area contributed by atoms with E-state index in [0.717, 1.165) is 48.7 Å². The molecule has 0 saturated carbocycles. The van der Waals surface area contributed by atoms with Gasteiger partial charge in [0.05, 0.1) is 12.8 Å². The molecule has 3 N–H and O–H groups in total. The smallest absolute Gasteiger partial charge is 0.224 e. The molecule has 1 aliphatic rings. The Hall–Kier alpha value is -2.73. The van der Waals surface area contributed by atoms with Crippen molar-refractivity contribution in [3.63, 3.8) is 0 Å². The van der Waals surface area contributed by atoms with Crippen molar-refractivity contribution in [2.24, 2.45) is 0 Å². The summed E-state index contributed by atoms with van der Waals surface area (Å²) in [6.45, 7) is 5.55. The number of carbonyl (C=O) groups excluding carboxylic acids is 1. The lowest BCUT2D eigenvalue weighted by molar-refractivity contribution is -0.116. The first-order valence-corrected chi connectivity index (χ1v) is 9.80. The van der Waals surface area contributed by atoms with Gasteiger partial charge in [-0.1, -0.05) is 19.1 Å². The lowest BCUT2D eigenvalue weighted by Gasteiger charge is -2.24. The van der Waals surface area contributed by atoms with Gasteiger partial charge in [0.25, 0.3) is 0 Å². The average Bonchev–Trinajstić information content (AvgIpc) is 2.71. The van der Waals surface area contributed by atoms with Gasteiger partial charge >= 0.3 is 0 Å². The van der Waals surface area contributed by atoms with Gasteiger partial charge in [0.2, 0.25) is 5.91 Å². The number of ether oxygens (including phenoxy) is 2. The van der Waals surface area contributed by atoms with E-state index in [9.17, 15) is 4.79 Å². The molecule has 3 rings (SSSR count). The molecule has 1 aliphatic heterocycles. The standard InChI is InChI=1S/C22H29N3O3/c1-3-25(13-12-16-4-6-17(23)7-5-16)14-15-28-19-9-10-20(27-2)22-18(19)8-11-21(26)24-22/h4-7,9-10H,3,8,11-15,23H2,1-2H3,(H,24,26). The third-order valence-electron chi connectivity index (χ3n) is 5.13. The minimum Gasteiger partial charge on any atom is -0.495 e. The molecule has 0 saturated heterocycles. The summed E-state index contributed by atoms with van der Waals surface area (Å²) < 4.78 is 11.4. The van der Waals surface area contributed by atoms with Crippen LogP contribution in [0.2, 0.25) is 0 Å². The Labute approximate surface area is 166 Å². The summed E-state index contributed by atoms with van der Waals surface area (Å²) in [5.41, 5.74) is 9.59. The van der Waals surface area contributed by atoms with Gasteiger partial charge in [-0.3, -0.25) is 9.69 Å². The molecule has 0 radical (unpaired) electrons. The monoisotopic (exact) mass is 383 g/mol. The van der Waals surface area contributed by atoms with Crippen LogP contribution in [0.3, 0.4) is 0 Å². The zero-order valence-electron chi connectivity index (χ0n) is 16.7. The number of rotatable bonds is 9. The highest BCUT2D eigenvalue weighted by atomic mass is 16.5. The van der Waals surface area contributed by atoms with Crippen LogP contribution in [0.15, 0.2) is 36.4 Å². The summed E-state index contributed by atoms with van der Waals surface area (Å²) in [5, 5.41) is 2.91. The van der Waals surface area contributed by atoms with Crippen molar-refractivity contribution < 1.29 is 14.3 Å². The Bertz CT molecular complexity index is 805. The van der Waals surface area contributed by atoms with Crippen molar-refractivity contribution >= 4 is 17.3 Å².